The van der Waals surface area contributed by atoms with Crippen LogP contribution >= 0.6 is 0 Å². The Morgan fingerprint density at radius 2 is 2.11 bits per heavy atom. The van der Waals surface area contributed by atoms with Crippen molar-refractivity contribution in [1.82, 2.24) is 20.2 Å². The first-order valence-electron chi connectivity index (χ1n) is 5.56. The van der Waals surface area contributed by atoms with E-state index in [0.29, 0.717) is 11.6 Å². The van der Waals surface area contributed by atoms with Gasteiger partial charge in [-0.2, -0.15) is 9.49 Å². The monoisotopic (exact) mass is 247 g/mol. The van der Waals surface area contributed by atoms with E-state index in [9.17, 15) is 9.18 Å². The molecule has 0 atom stereocenters. The van der Waals surface area contributed by atoms with Gasteiger partial charge in [0, 0.05) is 12.0 Å². The number of carbonyl (C=O) groups excluding carboxylic acids is 1. The van der Waals surface area contributed by atoms with E-state index in [1.54, 1.807) is 12.4 Å². The van der Waals surface area contributed by atoms with Crippen molar-refractivity contribution in [3.05, 3.63) is 35.9 Å². The van der Waals surface area contributed by atoms with Gasteiger partial charge in [0.25, 0.3) is 5.91 Å². The fourth-order valence-electron chi connectivity index (χ4n) is 1.56. The summed E-state index contributed by atoms with van der Waals surface area (Å²) in [5, 5.41) is 8.12. The number of aromatic nitrogens is 4. The molecule has 2 aromatic rings. The lowest BCUT2D eigenvalue weighted by Gasteiger charge is -2.02. The first-order valence-corrected chi connectivity index (χ1v) is 5.56. The number of hydrogen-bond acceptors (Lipinski definition) is 4. The fourth-order valence-corrected chi connectivity index (χ4v) is 1.56. The Labute approximate surface area is 102 Å². The maximum Gasteiger partial charge on any atom is 0.276 e. The molecule has 2 heterocycles. The minimum atomic E-state index is -0.652. The molecule has 18 heavy (non-hydrogen) atoms. The third-order valence-electron chi connectivity index (χ3n) is 2.65. The van der Waals surface area contributed by atoms with Crippen molar-refractivity contribution in [1.29, 1.82) is 0 Å². The molecule has 6 nitrogen and oxygen atoms in total. The van der Waals surface area contributed by atoms with Gasteiger partial charge in [-0.1, -0.05) is 0 Å². The van der Waals surface area contributed by atoms with Crippen molar-refractivity contribution in [2.24, 2.45) is 0 Å². The van der Waals surface area contributed by atoms with Gasteiger partial charge in [0.05, 0.1) is 18.1 Å². The molecule has 0 radical (unpaired) electrons. The number of rotatable bonds is 3. The summed E-state index contributed by atoms with van der Waals surface area (Å²) in [4.78, 5) is 20.0. The molecular weight excluding hydrogens is 237 g/mol. The van der Waals surface area contributed by atoms with Gasteiger partial charge in [0.2, 0.25) is 5.95 Å². The molecule has 1 aliphatic carbocycles. The first-order chi connectivity index (χ1) is 8.72. The molecule has 0 unspecified atom stereocenters. The minimum absolute atomic E-state index is 0.0150. The maximum absolute atomic E-state index is 12.7. The third-order valence-corrected chi connectivity index (χ3v) is 2.65. The highest BCUT2D eigenvalue weighted by Crippen LogP contribution is 2.37. The Kier molecular flexibility index (Phi) is 2.51. The summed E-state index contributed by atoms with van der Waals surface area (Å²) in [6.45, 7) is 0. The molecule has 2 N–H and O–H groups in total. The van der Waals surface area contributed by atoms with Gasteiger partial charge in [-0.05, 0) is 12.8 Å². The van der Waals surface area contributed by atoms with Gasteiger partial charge in [0.15, 0.2) is 5.69 Å². The molecule has 1 amide bonds. The lowest BCUT2D eigenvalue weighted by molar-refractivity contribution is 0.102. The van der Waals surface area contributed by atoms with Crippen molar-refractivity contribution in [3.8, 4) is 0 Å². The van der Waals surface area contributed by atoms with Crippen LogP contribution in [0.3, 0.4) is 0 Å². The van der Waals surface area contributed by atoms with Crippen molar-refractivity contribution < 1.29 is 9.18 Å². The molecule has 0 bridgehead atoms. The van der Waals surface area contributed by atoms with Crippen molar-refractivity contribution in [2.45, 2.75) is 18.8 Å². The Morgan fingerprint density at radius 1 is 1.39 bits per heavy atom. The van der Waals surface area contributed by atoms with Crippen LogP contribution < -0.4 is 5.32 Å². The molecule has 1 saturated carbocycles. The van der Waals surface area contributed by atoms with E-state index in [1.807, 2.05) is 0 Å². The van der Waals surface area contributed by atoms with Crippen LogP contribution in [0.2, 0.25) is 0 Å². The molecule has 2 aromatic heterocycles. The van der Waals surface area contributed by atoms with Gasteiger partial charge in [-0.3, -0.25) is 9.89 Å². The smallest absolute Gasteiger partial charge is 0.276 e. The molecule has 1 aliphatic rings. The number of halogens is 1. The average molecular weight is 247 g/mol. The number of H-pyrrole nitrogens is 1. The van der Waals surface area contributed by atoms with E-state index in [4.69, 9.17) is 0 Å². The third kappa shape index (κ3) is 2.20. The number of hydrogen-bond donors (Lipinski definition) is 2. The number of carbonyl (C=O) groups is 1. The number of nitrogens with one attached hydrogen (secondary N) is 2. The Morgan fingerprint density at radius 3 is 2.67 bits per heavy atom. The van der Waals surface area contributed by atoms with Crippen molar-refractivity contribution in [3.63, 3.8) is 0 Å². The Bertz CT molecular complexity index is 575. The molecule has 3 rings (SSSR count). The summed E-state index contributed by atoms with van der Waals surface area (Å²) in [5.74, 6) is 0.118. The largest absolute Gasteiger partial charge is 0.318 e. The number of aromatic amines is 1. The predicted molar refractivity (Wildman–Crippen MR) is 60.5 cm³/mol. The van der Waals surface area contributed by atoms with E-state index >= 15 is 0 Å². The van der Waals surface area contributed by atoms with Crippen LogP contribution in [0.15, 0.2) is 18.5 Å². The number of amides is 1. The van der Waals surface area contributed by atoms with E-state index in [1.165, 1.54) is 0 Å². The number of anilines is 1. The summed E-state index contributed by atoms with van der Waals surface area (Å²) in [5.41, 5.74) is 0.451. The quantitative estimate of drug-likeness (QED) is 0.860. The maximum atomic E-state index is 12.7. The molecule has 0 aliphatic heterocycles. The Hall–Kier alpha value is -2.31. The van der Waals surface area contributed by atoms with Gasteiger partial charge < -0.3 is 5.32 Å². The fraction of sp³-hybridized carbons (Fsp3) is 0.273. The summed E-state index contributed by atoms with van der Waals surface area (Å²) >= 11 is 0. The Balaban J connectivity index is 1.70. The number of nitrogens with zero attached hydrogens (tertiary/aromatic N) is 3. The summed E-state index contributed by atoms with van der Waals surface area (Å²) in [7, 11) is 0. The van der Waals surface area contributed by atoms with Crippen LogP contribution in [-0.4, -0.2) is 26.1 Å². The highest BCUT2D eigenvalue weighted by atomic mass is 19.1. The topological polar surface area (TPSA) is 83.6 Å². The lowest BCUT2D eigenvalue weighted by Crippen LogP contribution is -2.13. The molecular formula is C11H10FN5O. The highest BCUT2D eigenvalue weighted by molar-refractivity contribution is 6.02. The van der Waals surface area contributed by atoms with Crippen molar-refractivity contribution >= 4 is 11.6 Å². The normalized spacial score (nSPS) is 14.5. The first kappa shape index (κ1) is 10.8. The van der Waals surface area contributed by atoms with Gasteiger partial charge in [-0.15, -0.1) is 0 Å². The molecule has 0 aromatic carbocycles. The average Bonchev–Trinajstić information content (AvgIpc) is 3.12. The molecule has 0 spiro atoms. The standard InChI is InChI=1S/C11H10FN5O/c12-9-3-8(16-17-9)11(18)15-7-4-13-10(14-5-7)6-1-2-6/h3-6H,1-2H2,(H,15,18)(H,16,17). The summed E-state index contributed by atoms with van der Waals surface area (Å²) in [6, 6.07) is 1.02. The highest BCUT2D eigenvalue weighted by Gasteiger charge is 2.26. The van der Waals surface area contributed by atoms with Crippen LogP contribution in [0.25, 0.3) is 0 Å². The van der Waals surface area contributed by atoms with E-state index < -0.39 is 11.9 Å². The second kappa shape index (κ2) is 4.17. The zero-order valence-corrected chi connectivity index (χ0v) is 9.35. The van der Waals surface area contributed by atoms with Crippen molar-refractivity contribution in [2.75, 3.05) is 5.32 Å². The van der Waals surface area contributed by atoms with Gasteiger partial charge in [0.1, 0.15) is 5.82 Å². The minimum Gasteiger partial charge on any atom is -0.318 e. The summed E-state index contributed by atoms with van der Waals surface area (Å²) < 4.78 is 12.7. The SMILES string of the molecule is O=C(Nc1cnc(C2CC2)nc1)c1cc(F)[nH]n1. The van der Waals surface area contributed by atoms with E-state index in [2.05, 4.69) is 25.5 Å². The second-order valence-electron chi connectivity index (χ2n) is 4.16. The van der Waals surface area contributed by atoms with Crippen LogP contribution in [0.4, 0.5) is 10.1 Å². The van der Waals surface area contributed by atoms with Gasteiger partial charge in [-0.25, -0.2) is 9.97 Å². The van der Waals surface area contributed by atoms with Gasteiger partial charge >= 0.3 is 0 Å². The van der Waals surface area contributed by atoms with E-state index in [0.717, 1.165) is 24.7 Å². The van der Waals surface area contributed by atoms with Crippen LogP contribution in [-0.2, 0) is 0 Å². The molecule has 0 saturated heterocycles. The molecule has 7 heteroatoms. The predicted octanol–water partition coefficient (Wildman–Crippen LogP) is 1.47. The lowest BCUT2D eigenvalue weighted by atomic mass is 10.3. The van der Waals surface area contributed by atoms with Crippen LogP contribution in [0, 0.1) is 5.95 Å². The van der Waals surface area contributed by atoms with Crippen LogP contribution in [0.1, 0.15) is 35.1 Å². The zero-order valence-electron chi connectivity index (χ0n) is 9.35. The molecule has 1 fully saturated rings. The summed E-state index contributed by atoms with van der Waals surface area (Å²) in [6.07, 6.45) is 5.33. The second-order valence-corrected chi connectivity index (χ2v) is 4.16. The van der Waals surface area contributed by atoms with E-state index in [-0.39, 0.29) is 5.69 Å². The zero-order chi connectivity index (χ0) is 12.5. The molecule has 92 valence electrons. The van der Waals surface area contributed by atoms with Crippen LogP contribution in [0.5, 0.6) is 0 Å².